The molecule has 1 aliphatic rings. The van der Waals surface area contributed by atoms with Crippen molar-refractivity contribution in [2.24, 2.45) is 5.92 Å². The van der Waals surface area contributed by atoms with Crippen LogP contribution in [0.15, 0.2) is 18.2 Å². The van der Waals surface area contributed by atoms with Crippen LogP contribution in [-0.4, -0.2) is 35.0 Å². The molecule has 1 amide bonds. The van der Waals surface area contributed by atoms with Crippen molar-refractivity contribution in [3.05, 3.63) is 28.0 Å². The molecule has 0 bridgehead atoms. The summed E-state index contributed by atoms with van der Waals surface area (Å²) in [5.74, 6) is -0.296. The molecule has 5 heteroatoms. The first-order chi connectivity index (χ1) is 9.60. The summed E-state index contributed by atoms with van der Waals surface area (Å²) in [4.78, 5) is 26.3. The number of likely N-dealkylation sites (tertiary alicyclic amines) is 1. The number of carbonyl (C=O) groups excluding carboxylic acids is 1. The van der Waals surface area contributed by atoms with Gasteiger partial charge in [-0.15, -0.1) is 11.3 Å². The van der Waals surface area contributed by atoms with Gasteiger partial charge >= 0.3 is 5.97 Å². The maximum atomic E-state index is 12.4. The molecule has 0 spiro atoms. The van der Waals surface area contributed by atoms with E-state index in [-0.39, 0.29) is 5.91 Å². The van der Waals surface area contributed by atoms with Gasteiger partial charge < -0.3 is 10.0 Å². The minimum Gasteiger partial charge on any atom is -0.478 e. The van der Waals surface area contributed by atoms with Crippen LogP contribution < -0.4 is 0 Å². The van der Waals surface area contributed by atoms with Crippen molar-refractivity contribution in [1.82, 2.24) is 4.90 Å². The van der Waals surface area contributed by atoms with Crippen LogP contribution in [0.3, 0.4) is 0 Å². The molecule has 0 radical (unpaired) electrons. The molecular formula is C15H19NO3S. The third kappa shape index (κ3) is 3.70. The summed E-state index contributed by atoms with van der Waals surface area (Å²) in [5.41, 5.74) is 0. The van der Waals surface area contributed by atoms with Gasteiger partial charge in [0.05, 0.1) is 4.88 Å². The quantitative estimate of drug-likeness (QED) is 0.868. The van der Waals surface area contributed by atoms with Crippen molar-refractivity contribution in [2.45, 2.75) is 26.2 Å². The van der Waals surface area contributed by atoms with Crippen LogP contribution in [0.25, 0.3) is 6.08 Å². The van der Waals surface area contributed by atoms with Gasteiger partial charge in [0.1, 0.15) is 0 Å². The van der Waals surface area contributed by atoms with Gasteiger partial charge in [-0.1, -0.05) is 13.3 Å². The van der Waals surface area contributed by atoms with E-state index in [1.807, 2.05) is 4.90 Å². The number of rotatable bonds is 4. The van der Waals surface area contributed by atoms with Crippen molar-refractivity contribution >= 4 is 29.3 Å². The number of piperidine rings is 1. The average Bonchev–Trinajstić information content (AvgIpc) is 2.93. The highest BCUT2D eigenvalue weighted by atomic mass is 32.1. The Morgan fingerprint density at radius 2 is 2.30 bits per heavy atom. The molecule has 1 saturated heterocycles. The van der Waals surface area contributed by atoms with Crippen molar-refractivity contribution < 1.29 is 14.7 Å². The third-order valence-corrected chi connectivity index (χ3v) is 4.65. The van der Waals surface area contributed by atoms with E-state index >= 15 is 0 Å². The Kier molecular flexibility index (Phi) is 4.95. The maximum Gasteiger partial charge on any atom is 0.328 e. The SMILES string of the molecule is CCC1CCCN(C(=O)c2ccc(C=CC(=O)O)s2)C1. The van der Waals surface area contributed by atoms with E-state index in [0.717, 1.165) is 36.9 Å². The lowest BCUT2D eigenvalue weighted by atomic mass is 9.95. The molecular weight excluding hydrogens is 274 g/mol. The van der Waals surface area contributed by atoms with Gasteiger partial charge in [-0.3, -0.25) is 4.79 Å². The van der Waals surface area contributed by atoms with E-state index in [9.17, 15) is 9.59 Å². The summed E-state index contributed by atoms with van der Waals surface area (Å²) in [7, 11) is 0. The zero-order valence-corrected chi connectivity index (χ0v) is 12.4. The van der Waals surface area contributed by atoms with Crippen molar-refractivity contribution in [2.75, 3.05) is 13.1 Å². The molecule has 1 atom stereocenters. The molecule has 2 heterocycles. The molecule has 1 unspecified atom stereocenters. The highest BCUT2D eigenvalue weighted by molar-refractivity contribution is 7.14. The van der Waals surface area contributed by atoms with Gasteiger partial charge in [-0.2, -0.15) is 0 Å². The zero-order chi connectivity index (χ0) is 14.5. The lowest BCUT2D eigenvalue weighted by Gasteiger charge is -2.32. The van der Waals surface area contributed by atoms with Gasteiger partial charge in [0.15, 0.2) is 0 Å². The minimum absolute atomic E-state index is 0.0723. The number of aliphatic carboxylic acids is 1. The second-order valence-corrected chi connectivity index (χ2v) is 6.16. The Hall–Kier alpha value is -1.62. The number of carboxylic acids is 1. The molecule has 0 saturated carbocycles. The maximum absolute atomic E-state index is 12.4. The molecule has 0 aromatic carbocycles. The second-order valence-electron chi connectivity index (χ2n) is 5.04. The standard InChI is InChI=1S/C15H19NO3S/c1-2-11-4-3-9-16(10-11)15(19)13-7-5-12(20-13)6-8-14(17)18/h5-8,11H,2-4,9-10H2,1H3,(H,17,18). The van der Waals surface area contributed by atoms with Crippen molar-refractivity contribution in [1.29, 1.82) is 0 Å². The largest absolute Gasteiger partial charge is 0.478 e. The summed E-state index contributed by atoms with van der Waals surface area (Å²) >= 11 is 1.34. The number of nitrogens with zero attached hydrogens (tertiary/aromatic N) is 1. The van der Waals surface area contributed by atoms with E-state index in [0.29, 0.717) is 10.8 Å². The first-order valence-electron chi connectivity index (χ1n) is 6.90. The van der Waals surface area contributed by atoms with E-state index in [1.165, 1.54) is 23.8 Å². The summed E-state index contributed by atoms with van der Waals surface area (Å²) < 4.78 is 0. The molecule has 0 aliphatic carbocycles. The smallest absolute Gasteiger partial charge is 0.328 e. The number of hydrogen-bond acceptors (Lipinski definition) is 3. The monoisotopic (exact) mass is 293 g/mol. The second kappa shape index (κ2) is 6.70. The number of amides is 1. The van der Waals surface area contributed by atoms with Crippen LogP contribution in [0, 0.1) is 5.92 Å². The van der Waals surface area contributed by atoms with Crippen LogP contribution in [0.2, 0.25) is 0 Å². The number of carboxylic acid groups (broad SMARTS) is 1. The average molecular weight is 293 g/mol. The summed E-state index contributed by atoms with van der Waals surface area (Å²) in [5, 5.41) is 8.59. The third-order valence-electron chi connectivity index (χ3n) is 3.61. The minimum atomic E-state index is -0.979. The number of thiophene rings is 1. The van der Waals surface area contributed by atoms with Crippen LogP contribution >= 0.6 is 11.3 Å². The summed E-state index contributed by atoms with van der Waals surface area (Å²) in [6.07, 6.45) is 6.00. The Labute approximate surface area is 122 Å². The molecule has 1 aromatic heterocycles. The highest BCUT2D eigenvalue weighted by Gasteiger charge is 2.24. The predicted octanol–water partition coefficient (Wildman–Crippen LogP) is 3.11. The number of hydrogen-bond donors (Lipinski definition) is 1. The molecule has 1 aliphatic heterocycles. The Bertz CT molecular complexity index is 521. The fourth-order valence-electron chi connectivity index (χ4n) is 2.45. The predicted molar refractivity (Wildman–Crippen MR) is 79.9 cm³/mol. The lowest BCUT2D eigenvalue weighted by Crippen LogP contribution is -2.39. The van der Waals surface area contributed by atoms with Gasteiger partial charge in [-0.05, 0) is 37.0 Å². The van der Waals surface area contributed by atoms with E-state index < -0.39 is 5.97 Å². The molecule has 1 aromatic rings. The van der Waals surface area contributed by atoms with Crippen LogP contribution in [0.5, 0.6) is 0 Å². The Balaban J connectivity index is 2.04. The molecule has 108 valence electrons. The molecule has 20 heavy (non-hydrogen) atoms. The number of carbonyl (C=O) groups is 2. The molecule has 4 nitrogen and oxygen atoms in total. The Morgan fingerprint density at radius 3 is 3.00 bits per heavy atom. The van der Waals surface area contributed by atoms with Gasteiger partial charge in [0.2, 0.25) is 0 Å². The van der Waals surface area contributed by atoms with Gasteiger partial charge in [-0.25, -0.2) is 4.79 Å². The van der Waals surface area contributed by atoms with Crippen LogP contribution in [-0.2, 0) is 4.79 Å². The van der Waals surface area contributed by atoms with Crippen molar-refractivity contribution in [3.8, 4) is 0 Å². The summed E-state index contributed by atoms with van der Waals surface area (Å²) in [6.45, 7) is 3.83. The van der Waals surface area contributed by atoms with Gasteiger partial charge in [0.25, 0.3) is 5.91 Å². The van der Waals surface area contributed by atoms with Gasteiger partial charge in [0, 0.05) is 24.0 Å². The molecule has 1 N–H and O–H groups in total. The van der Waals surface area contributed by atoms with Crippen LogP contribution in [0.1, 0.15) is 40.7 Å². The van der Waals surface area contributed by atoms with E-state index in [1.54, 1.807) is 12.1 Å². The zero-order valence-electron chi connectivity index (χ0n) is 11.5. The van der Waals surface area contributed by atoms with E-state index in [4.69, 9.17) is 5.11 Å². The Morgan fingerprint density at radius 1 is 1.50 bits per heavy atom. The summed E-state index contributed by atoms with van der Waals surface area (Å²) in [6, 6.07) is 3.57. The topological polar surface area (TPSA) is 57.6 Å². The fourth-order valence-corrected chi connectivity index (χ4v) is 3.33. The van der Waals surface area contributed by atoms with Crippen molar-refractivity contribution in [3.63, 3.8) is 0 Å². The van der Waals surface area contributed by atoms with Crippen LogP contribution in [0.4, 0.5) is 0 Å². The van der Waals surface area contributed by atoms with E-state index in [2.05, 4.69) is 6.92 Å². The molecule has 2 rings (SSSR count). The molecule has 1 fully saturated rings. The first kappa shape index (κ1) is 14.8. The first-order valence-corrected chi connectivity index (χ1v) is 7.72. The highest BCUT2D eigenvalue weighted by Crippen LogP contribution is 2.24. The lowest BCUT2D eigenvalue weighted by molar-refractivity contribution is -0.131. The normalized spacial score (nSPS) is 19.4. The fraction of sp³-hybridized carbons (Fsp3) is 0.467.